The van der Waals surface area contributed by atoms with Crippen LogP contribution in [0.1, 0.15) is 16.7 Å². The lowest BCUT2D eigenvalue weighted by Gasteiger charge is -2.04. The van der Waals surface area contributed by atoms with Gasteiger partial charge in [-0.05, 0) is 35.4 Å². The molecule has 0 saturated carbocycles. The van der Waals surface area contributed by atoms with Gasteiger partial charge in [-0.1, -0.05) is 12.1 Å². The van der Waals surface area contributed by atoms with E-state index in [0.29, 0.717) is 17.9 Å². The Bertz CT molecular complexity index is 1180. The van der Waals surface area contributed by atoms with E-state index in [2.05, 4.69) is 21.5 Å². The first-order valence-electron chi connectivity index (χ1n) is 8.83. The highest BCUT2D eigenvalue weighted by Crippen LogP contribution is 2.15. The van der Waals surface area contributed by atoms with Crippen molar-refractivity contribution >= 4 is 22.8 Å². The lowest BCUT2D eigenvalue weighted by molar-refractivity contribution is -0.115. The summed E-state index contributed by atoms with van der Waals surface area (Å²) in [5.74, 6) is 0.369. The van der Waals surface area contributed by atoms with Gasteiger partial charge in [0.05, 0.1) is 24.6 Å². The molecule has 3 heterocycles. The van der Waals surface area contributed by atoms with Crippen LogP contribution in [0.3, 0.4) is 0 Å². The summed E-state index contributed by atoms with van der Waals surface area (Å²) in [5.41, 5.74) is 3.40. The Labute approximate surface area is 161 Å². The van der Waals surface area contributed by atoms with E-state index in [-0.39, 0.29) is 12.3 Å². The number of carbonyl (C=O) groups is 1. The van der Waals surface area contributed by atoms with Crippen molar-refractivity contribution in [2.75, 3.05) is 5.32 Å². The van der Waals surface area contributed by atoms with E-state index in [4.69, 9.17) is 5.26 Å². The minimum absolute atomic E-state index is 0.138. The van der Waals surface area contributed by atoms with Crippen LogP contribution >= 0.6 is 0 Å². The zero-order valence-corrected chi connectivity index (χ0v) is 15.3. The van der Waals surface area contributed by atoms with Gasteiger partial charge < -0.3 is 9.88 Å². The molecule has 0 bridgehead atoms. The third-order valence-corrected chi connectivity index (χ3v) is 4.46. The van der Waals surface area contributed by atoms with Gasteiger partial charge >= 0.3 is 0 Å². The van der Waals surface area contributed by atoms with Crippen LogP contribution in [-0.4, -0.2) is 25.2 Å². The number of anilines is 1. The van der Waals surface area contributed by atoms with Crippen molar-refractivity contribution in [3.8, 4) is 6.07 Å². The van der Waals surface area contributed by atoms with E-state index in [1.807, 2.05) is 48.3 Å². The zero-order chi connectivity index (χ0) is 19.5. The van der Waals surface area contributed by atoms with E-state index >= 15 is 0 Å². The van der Waals surface area contributed by atoms with Gasteiger partial charge in [-0.3, -0.25) is 9.48 Å². The summed E-state index contributed by atoms with van der Waals surface area (Å²) in [7, 11) is 1.94. The number of hydrogen-bond acceptors (Lipinski definition) is 4. The summed E-state index contributed by atoms with van der Waals surface area (Å²) < 4.78 is 3.69. The predicted molar refractivity (Wildman–Crippen MR) is 106 cm³/mol. The molecule has 0 aliphatic carbocycles. The molecule has 0 radical (unpaired) electrons. The van der Waals surface area contributed by atoms with E-state index in [9.17, 15) is 4.79 Å². The summed E-state index contributed by atoms with van der Waals surface area (Å²) in [5, 5.41) is 17.1. The van der Waals surface area contributed by atoms with Gasteiger partial charge in [-0.2, -0.15) is 10.4 Å². The van der Waals surface area contributed by atoms with Crippen LogP contribution in [0.5, 0.6) is 0 Å². The highest BCUT2D eigenvalue weighted by atomic mass is 16.1. The summed E-state index contributed by atoms with van der Waals surface area (Å²) >= 11 is 0. The number of nitrogens with zero attached hydrogens (tertiary/aromatic N) is 5. The van der Waals surface area contributed by atoms with Gasteiger partial charge in [0.15, 0.2) is 5.82 Å². The number of aromatic nitrogens is 4. The monoisotopic (exact) mass is 370 g/mol. The van der Waals surface area contributed by atoms with Crippen LogP contribution in [0.2, 0.25) is 0 Å². The first-order valence-corrected chi connectivity index (χ1v) is 8.83. The molecule has 1 amide bonds. The van der Waals surface area contributed by atoms with Crippen molar-refractivity contribution in [1.82, 2.24) is 19.3 Å². The molecule has 1 aromatic carbocycles. The molecule has 0 atom stereocenters. The zero-order valence-electron chi connectivity index (χ0n) is 15.3. The number of amides is 1. The van der Waals surface area contributed by atoms with Gasteiger partial charge in [0, 0.05) is 37.1 Å². The topological polar surface area (TPSA) is 88.5 Å². The quantitative estimate of drug-likeness (QED) is 0.585. The molecule has 7 heteroatoms. The first kappa shape index (κ1) is 17.5. The van der Waals surface area contributed by atoms with Gasteiger partial charge in [-0.15, -0.1) is 0 Å². The van der Waals surface area contributed by atoms with Crippen molar-refractivity contribution in [3.63, 3.8) is 0 Å². The van der Waals surface area contributed by atoms with Crippen molar-refractivity contribution in [2.24, 2.45) is 7.05 Å². The van der Waals surface area contributed by atoms with Gasteiger partial charge in [0.25, 0.3) is 0 Å². The maximum absolute atomic E-state index is 12.3. The molecule has 7 nitrogen and oxygen atoms in total. The highest BCUT2D eigenvalue weighted by Gasteiger charge is 2.09. The van der Waals surface area contributed by atoms with Crippen molar-refractivity contribution in [2.45, 2.75) is 13.0 Å². The molecule has 0 aliphatic heterocycles. The Morgan fingerprint density at radius 1 is 1.14 bits per heavy atom. The largest absolute Gasteiger partial charge is 0.336 e. The van der Waals surface area contributed by atoms with E-state index in [0.717, 1.165) is 22.2 Å². The molecule has 3 aromatic heterocycles. The second-order valence-electron chi connectivity index (χ2n) is 6.62. The van der Waals surface area contributed by atoms with E-state index in [1.165, 1.54) is 0 Å². The second-order valence-corrected chi connectivity index (χ2v) is 6.62. The van der Waals surface area contributed by atoms with E-state index in [1.54, 1.807) is 29.1 Å². The number of aryl methyl sites for hydroxylation is 1. The van der Waals surface area contributed by atoms with Crippen LogP contribution in [0.25, 0.3) is 11.0 Å². The summed E-state index contributed by atoms with van der Waals surface area (Å²) in [6, 6.07) is 15.2. The van der Waals surface area contributed by atoms with Crippen LogP contribution < -0.4 is 5.32 Å². The summed E-state index contributed by atoms with van der Waals surface area (Å²) in [4.78, 5) is 16.7. The number of pyridine rings is 1. The molecular formula is C21H18N6O. The number of hydrogen-bond donors (Lipinski definition) is 1. The lowest BCUT2D eigenvalue weighted by Crippen LogP contribution is -2.15. The highest BCUT2D eigenvalue weighted by molar-refractivity contribution is 5.91. The van der Waals surface area contributed by atoms with Crippen molar-refractivity contribution < 1.29 is 4.79 Å². The minimum Gasteiger partial charge on any atom is -0.336 e. The average Bonchev–Trinajstić information content (AvgIpc) is 3.28. The van der Waals surface area contributed by atoms with Gasteiger partial charge in [0.2, 0.25) is 5.91 Å². The fraction of sp³-hybridized carbons (Fsp3) is 0.143. The molecule has 0 spiro atoms. The number of nitriles is 1. The molecule has 0 aliphatic rings. The van der Waals surface area contributed by atoms with Crippen LogP contribution in [0.4, 0.5) is 5.82 Å². The fourth-order valence-electron chi connectivity index (χ4n) is 3.06. The third kappa shape index (κ3) is 3.76. The Morgan fingerprint density at radius 2 is 1.96 bits per heavy atom. The molecule has 0 fully saturated rings. The average molecular weight is 370 g/mol. The number of rotatable bonds is 5. The molecule has 0 unspecified atom stereocenters. The first-order chi connectivity index (χ1) is 13.6. The van der Waals surface area contributed by atoms with Crippen molar-refractivity contribution in [1.29, 1.82) is 5.26 Å². The Hall–Kier alpha value is -3.92. The van der Waals surface area contributed by atoms with E-state index < -0.39 is 0 Å². The van der Waals surface area contributed by atoms with Gasteiger partial charge in [0.1, 0.15) is 5.65 Å². The van der Waals surface area contributed by atoms with Crippen LogP contribution in [0.15, 0.2) is 61.1 Å². The molecule has 0 saturated heterocycles. The number of fused-ring (bicyclic) bond motifs is 1. The number of benzene rings is 1. The Morgan fingerprint density at radius 3 is 2.75 bits per heavy atom. The minimum atomic E-state index is -0.138. The second kappa shape index (κ2) is 7.37. The molecule has 138 valence electrons. The predicted octanol–water partition coefficient (Wildman–Crippen LogP) is 2.87. The van der Waals surface area contributed by atoms with Crippen LogP contribution in [0, 0.1) is 11.3 Å². The lowest BCUT2D eigenvalue weighted by atomic mass is 10.1. The molecule has 28 heavy (non-hydrogen) atoms. The molecule has 1 N–H and O–H groups in total. The Balaban J connectivity index is 1.38. The molecular weight excluding hydrogens is 352 g/mol. The summed E-state index contributed by atoms with van der Waals surface area (Å²) in [6.07, 6.45) is 5.72. The number of carbonyl (C=O) groups excluding carboxylic acids is 1. The number of nitrogens with one attached hydrogen (secondary N) is 1. The maximum atomic E-state index is 12.3. The SMILES string of the molecule is Cn1ccc2cc(CC(=O)Nc3ccn(Cc4ccc(C#N)cc4)n3)cnc21. The molecule has 4 rings (SSSR count). The molecule has 4 aromatic rings. The Kier molecular flexibility index (Phi) is 4.60. The smallest absolute Gasteiger partial charge is 0.230 e. The third-order valence-electron chi connectivity index (χ3n) is 4.46. The standard InChI is InChI=1S/C21H18N6O/c1-26-8-6-18-10-17(13-23-21(18)26)11-20(28)24-19-7-9-27(25-19)14-16-4-2-15(12-22)3-5-16/h2-10,13H,11,14H2,1H3,(H,24,25,28). The maximum Gasteiger partial charge on any atom is 0.230 e. The van der Waals surface area contributed by atoms with Crippen molar-refractivity contribution in [3.05, 3.63) is 77.7 Å². The van der Waals surface area contributed by atoms with Gasteiger partial charge in [-0.25, -0.2) is 4.98 Å². The normalized spacial score (nSPS) is 10.7. The summed E-state index contributed by atoms with van der Waals surface area (Å²) in [6.45, 7) is 0.566. The van der Waals surface area contributed by atoms with Crippen LogP contribution in [-0.2, 0) is 24.8 Å². The fourth-order valence-corrected chi connectivity index (χ4v) is 3.06.